The molecule has 54 heavy (non-hydrogen) atoms. The van der Waals surface area contributed by atoms with E-state index < -0.39 is 110 Å². The summed E-state index contributed by atoms with van der Waals surface area (Å²) < 4.78 is 42.2. The van der Waals surface area contributed by atoms with Crippen LogP contribution in [0.4, 0.5) is 0 Å². The van der Waals surface area contributed by atoms with Gasteiger partial charge in [0, 0.05) is 32.8 Å². The van der Waals surface area contributed by atoms with Gasteiger partial charge < -0.3 is 63.3 Å². The van der Waals surface area contributed by atoms with Gasteiger partial charge in [-0.3, -0.25) is 9.59 Å². The highest BCUT2D eigenvalue weighted by Crippen LogP contribution is 2.37. The minimum Gasteiger partial charge on any atom is -0.462 e. The van der Waals surface area contributed by atoms with Crippen molar-refractivity contribution >= 4 is 18.2 Å². The van der Waals surface area contributed by atoms with Crippen LogP contribution in [0, 0.1) is 11.8 Å². The van der Waals surface area contributed by atoms with E-state index in [2.05, 4.69) is 0 Å². The summed E-state index contributed by atoms with van der Waals surface area (Å²) in [6.07, 6.45) is -3.26. The Bertz CT molecular complexity index is 1240. The van der Waals surface area contributed by atoms with E-state index in [9.17, 15) is 34.8 Å². The minimum atomic E-state index is -1.47. The molecular weight excluding hydrogens is 706 g/mol. The van der Waals surface area contributed by atoms with Crippen molar-refractivity contribution in [1.82, 2.24) is 4.90 Å². The standard InChI is InChI=1S/C39H65NO14/c1-10-14-29(44)52-37-25(5)50-31(21-39(37,6)47)53-34-24(4)51-38(33(46)32(34)40(7)8)54-35-26(17-18-41)19-22(2)27(42)16-13-11-12-15-23(3)49-30(45)20-28(43)36(35)48-9/h11-13,16,18,22-28,31-38,42-43,46-47H,10,14-15,17,19-21H2,1-9H3/b12-11-,16-13+/t22-,23-,24-,25+,26+,27+,28-,31+,32-,33-,34-,35?,36+,37+,38+,39-/m1/s1. The number of aliphatic hydroxyl groups is 4. The Labute approximate surface area is 319 Å². The highest BCUT2D eigenvalue weighted by atomic mass is 16.7. The van der Waals surface area contributed by atoms with E-state index in [0.717, 1.165) is 6.29 Å². The van der Waals surface area contributed by atoms with Gasteiger partial charge in [0.1, 0.15) is 36.3 Å². The zero-order chi connectivity index (χ0) is 40.3. The monoisotopic (exact) mass is 771 g/mol. The van der Waals surface area contributed by atoms with Crippen molar-refractivity contribution in [1.29, 1.82) is 0 Å². The number of hydrogen-bond donors (Lipinski definition) is 4. The molecule has 0 spiro atoms. The Hall–Kier alpha value is -2.31. The lowest BCUT2D eigenvalue weighted by atomic mass is 9.82. The van der Waals surface area contributed by atoms with E-state index in [0.29, 0.717) is 12.8 Å². The fourth-order valence-corrected chi connectivity index (χ4v) is 7.66. The van der Waals surface area contributed by atoms with E-state index in [1.807, 2.05) is 19.9 Å². The third-order valence-corrected chi connectivity index (χ3v) is 10.5. The van der Waals surface area contributed by atoms with E-state index in [1.165, 1.54) is 7.11 Å². The minimum absolute atomic E-state index is 0.0274. The second-order valence-electron chi connectivity index (χ2n) is 15.5. The van der Waals surface area contributed by atoms with Crippen LogP contribution in [-0.2, 0) is 47.5 Å². The second-order valence-corrected chi connectivity index (χ2v) is 15.5. The first kappa shape index (κ1) is 46.1. The molecule has 3 rings (SSSR count). The van der Waals surface area contributed by atoms with Crippen LogP contribution in [0.25, 0.3) is 0 Å². The van der Waals surface area contributed by atoms with Crippen LogP contribution in [0.5, 0.6) is 0 Å². The van der Waals surface area contributed by atoms with E-state index in [1.54, 1.807) is 64.9 Å². The van der Waals surface area contributed by atoms with Crippen LogP contribution in [0.2, 0.25) is 0 Å². The van der Waals surface area contributed by atoms with Crippen molar-refractivity contribution in [3.05, 3.63) is 24.3 Å². The van der Waals surface area contributed by atoms with Gasteiger partial charge in [-0.2, -0.15) is 0 Å². The molecular formula is C39H65NO14. The second kappa shape index (κ2) is 21.3. The Morgan fingerprint density at radius 1 is 1.04 bits per heavy atom. The van der Waals surface area contributed by atoms with Gasteiger partial charge in [0.05, 0.1) is 43.0 Å². The number of cyclic esters (lactones) is 1. The van der Waals surface area contributed by atoms with Gasteiger partial charge in [-0.15, -0.1) is 0 Å². The smallest absolute Gasteiger partial charge is 0.308 e. The number of hydrogen-bond acceptors (Lipinski definition) is 15. The number of esters is 2. The molecule has 15 heteroatoms. The zero-order valence-electron chi connectivity index (χ0n) is 33.3. The Morgan fingerprint density at radius 3 is 2.35 bits per heavy atom. The van der Waals surface area contributed by atoms with E-state index in [4.69, 9.17) is 33.2 Å². The lowest BCUT2D eigenvalue weighted by Gasteiger charge is -2.50. The molecule has 0 amide bonds. The molecule has 0 aromatic heterocycles. The zero-order valence-corrected chi connectivity index (χ0v) is 33.3. The third-order valence-electron chi connectivity index (χ3n) is 10.5. The largest absolute Gasteiger partial charge is 0.462 e. The van der Waals surface area contributed by atoms with Gasteiger partial charge in [-0.25, -0.2) is 0 Å². The predicted molar refractivity (Wildman–Crippen MR) is 196 cm³/mol. The first-order chi connectivity index (χ1) is 25.4. The number of methoxy groups -OCH3 is 1. The van der Waals surface area contributed by atoms with Crippen LogP contribution >= 0.6 is 0 Å². The number of carbonyl (C=O) groups is 3. The van der Waals surface area contributed by atoms with Crippen LogP contribution in [0.1, 0.15) is 86.5 Å². The molecule has 15 nitrogen and oxygen atoms in total. The van der Waals surface area contributed by atoms with Gasteiger partial charge in [-0.1, -0.05) is 38.2 Å². The third kappa shape index (κ3) is 12.6. The van der Waals surface area contributed by atoms with Gasteiger partial charge in [0.25, 0.3) is 0 Å². The van der Waals surface area contributed by atoms with Crippen molar-refractivity contribution in [2.75, 3.05) is 21.2 Å². The molecule has 3 heterocycles. The van der Waals surface area contributed by atoms with Crippen molar-refractivity contribution in [2.45, 2.75) is 172 Å². The maximum absolute atomic E-state index is 12.9. The van der Waals surface area contributed by atoms with Gasteiger partial charge in [-0.05, 0) is 66.5 Å². The average Bonchev–Trinajstić information content (AvgIpc) is 3.07. The number of likely N-dealkylation sites (N-methyl/N-ethyl adjacent to an activating group) is 1. The number of nitrogens with zero attached hydrogens (tertiary/aromatic N) is 1. The first-order valence-corrected chi connectivity index (χ1v) is 19.2. The summed E-state index contributed by atoms with van der Waals surface area (Å²) in [6.45, 7) is 10.4. The molecule has 1 unspecified atom stereocenters. The van der Waals surface area contributed by atoms with Crippen molar-refractivity contribution in [3.63, 3.8) is 0 Å². The lowest BCUT2D eigenvalue weighted by molar-refractivity contribution is -0.344. The van der Waals surface area contributed by atoms with Gasteiger partial charge in [0.15, 0.2) is 18.7 Å². The Balaban J connectivity index is 1.91. The summed E-state index contributed by atoms with van der Waals surface area (Å²) in [5.41, 5.74) is -1.47. The fourth-order valence-electron chi connectivity index (χ4n) is 7.66. The molecule has 0 bridgehead atoms. The summed E-state index contributed by atoms with van der Waals surface area (Å²) in [6, 6.07) is -0.750. The summed E-state index contributed by atoms with van der Waals surface area (Å²) >= 11 is 0. The van der Waals surface area contributed by atoms with E-state index >= 15 is 0 Å². The highest BCUT2D eigenvalue weighted by Gasteiger charge is 2.52. The predicted octanol–water partition coefficient (Wildman–Crippen LogP) is 2.20. The molecule has 0 aromatic carbocycles. The van der Waals surface area contributed by atoms with Crippen LogP contribution in [0.3, 0.4) is 0 Å². The molecule has 3 aliphatic rings. The Kier molecular flexibility index (Phi) is 18.2. The molecule has 0 radical (unpaired) electrons. The summed E-state index contributed by atoms with van der Waals surface area (Å²) in [4.78, 5) is 39.0. The van der Waals surface area contributed by atoms with E-state index in [-0.39, 0.29) is 31.6 Å². The quantitative estimate of drug-likeness (QED) is 0.176. The molecule has 0 aliphatic carbocycles. The number of aliphatic hydroxyl groups excluding tert-OH is 3. The van der Waals surface area contributed by atoms with Crippen molar-refractivity contribution < 1.29 is 68.0 Å². The van der Waals surface area contributed by atoms with Crippen LogP contribution < -0.4 is 0 Å². The van der Waals surface area contributed by atoms with Gasteiger partial charge >= 0.3 is 11.9 Å². The average molecular weight is 772 g/mol. The fraction of sp³-hybridized carbons (Fsp3) is 0.821. The maximum atomic E-state index is 12.9. The number of allylic oxidation sites excluding steroid dienone is 2. The van der Waals surface area contributed by atoms with Crippen LogP contribution in [-0.4, -0.2) is 150 Å². The molecule has 0 saturated carbocycles. The van der Waals surface area contributed by atoms with Crippen molar-refractivity contribution in [3.8, 4) is 0 Å². The van der Waals surface area contributed by atoms with Gasteiger partial charge in [0.2, 0.25) is 0 Å². The lowest BCUT2D eigenvalue weighted by Crippen LogP contribution is -2.66. The first-order valence-electron chi connectivity index (χ1n) is 19.2. The summed E-state index contributed by atoms with van der Waals surface area (Å²) in [5.74, 6) is -2.11. The molecule has 2 saturated heterocycles. The number of aldehydes is 1. The topological polar surface area (TPSA) is 200 Å². The highest BCUT2D eigenvalue weighted by molar-refractivity contribution is 5.70. The normalized spacial score (nSPS) is 42.9. The van der Waals surface area contributed by atoms with Crippen molar-refractivity contribution in [2.24, 2.45) is 11.8 Å². The molecule has 4 N–H and O–H groups in total. The van der Waals surface area contributed by atoms with Crippen LogP contribution in [0.15, 0.2) is 24.3 Å². The Morgan fingerprint density at radius 2 is 1.74 bits per heavy atom. The SMILES string of the molecule is CCCC(=O)O[C@H]1[C@H](C)O[C@@H](O[C@H]2[C@H](N(C)C)[C@@H](O)[C@H](OC3[C@@H](CC=O)C[C@@H](C)[C@@H](O)/C=C/C=C\C[C@@H](C)OC(=O)C[C@@H](O)[C@@H]3OC)O[C@@H]2C)C[C@@]1(C)O. The molecule has 2 fully saturated rings. The molecule has 0 aromatic rings. The molecule has 16 atom stereocenters. The molecule has 310 valence electrons. The number of carbonyl (C=O) groups excluding carboxylic acids is 3. The number of ether oxygens (including phenoxy) is 7. The summed E-state index contributed by atoms with van der Waals surface area (Å²) in [7, 11) is 4.86. The number of rotatable bonds is 11. The molecule has 3 aliphatic heterocycles. The summed E-state index contributed by atoms with van der Waals surface area (Å²) in [5, 5.41) is 45.7. The maximum Gasteiger partial charge on any atom is 0.308 e.